The number of hydrogen-bond acceptors (Lipinski definition) is 4. The highest BCUT2D eigenvalue weighted by Crippen LogP contribution is 2.37. The first-order chi connectivity index (χ1) is 14.9. The van der Waals surface area contributed by atoms with Crippen LogP contribution in [0.3, 0.4) is 0 Å². The molecule has 1 fully saturated rings. The van der Waals surface area contributed by atoms with Crippen molar-refractivity contribution in [2.45, 2.75) is 19.4 Å². The van der Waals surface area contributed by atoms with Crippen LogP contribution in [0.25, 0.3) is 21.9 Å². The van der Waals surface area contributed by atoms with Crippen molar-refractivity contribution in [1.29, 1.82) is 0 Å². The topological polar surface area (TPSA) is 82.3 Å². The van der Waals surface area contributed by atoms with Crippen molar-refractivity contribution >= 4 is 43.6 Å². The van der Waals surface area contributed by atoms with E-state index in [9.17, 15) is 13.2 Å². The van der Waals surface area contributed by atoms with Crippen molar-refractivity contribution in [2.75, 3.05) is 18.7 Å². The molecule has 7 nitrogen and oxygen atoms in total. The second kappa shape index (κ2) is 7.16. The Bertz CT molecular complexity index is 1430. The largest absolute Gasteiger partial charge is 0.497 e. The summed E-state index contributed by atoms with van der Waals surface area (Å²) in [6.45, 7) is 0.814. The molecule has 1 aliphatic rings. The van der Waals surface area contributed by atoms with Crippen LogP contribution in [0.1, 0.15) is 23.3 Å². The lowest BCUT2D eigenvalue weighted by atomic mass is 10.2. The highest BCUT2D eigenvalue weighted by atomic mass is 32.2. The minimum Gasteiger partial charge on any atom is -0.497 e. The molecular formula is C23H23N3O4S. The Morgan fingerprint density at radius 3 is 2.58 bits per heavy atom. The standard InChI is InChI=1S/C23H23N3O4S/c1-30-17-7-5-6-16(12-17)24-23(27)21-13-20-22(26(21)31(2,28)29)18-8-3-4-9-19(18)25(20)14-15-10-11-15/h3-9,12-13,15H,10-11,14H2,1-2H3,(H,24,27). The van der Waals surface area contributed by atoms with Crippen molar-refractivity contribution in [3.05, 3.63) is 60.3 Å². The van der Waals surface area contributed by atoms with Crippen molar-refractivity contribution in [3.8, 4) is 5.75 Å². The summed E-state index contributed by atoms with van der Waals surface area (Å²) in [6, 6.07) is 16.4. The maximum atomic E-state index is 13.2. The molecule has 5 rings (SSSR count). The summed E-state index contributed by atoms with van der Waals surface area (Å²) in [6.07, 6.45) is 3.47. The van der Waals surface area contributed by atoms with Crippen LogP contribution < -0.4 is 10.1 Å². The molecule has 1 saturated carbocycles. The molecule has 1 amide bonds. The molecule has 2 heterocycles. The number of carbonyl (C=O) groups excluding carboxylic acids is 1. The molecule has 0 radical (unpaired) electrons. The Morgan fingerprint density at radius 1 is 1.10 bits per heavy atom. The van der Waals surface area contributed by atoms with Gasteiger partial charge in [0.2, 0.25) is 10.0 Å². The minimum absolute atomic E-state index is 0.0885. The third-order valence-corrected chi connectivity index (χ3v) is 6.75. The lowest BCUT2D eigenvalue weighted by Crippen LogP contribution is -2.21. The first-order valence-electron chi connectivity index (χ1n) is 10.2. The summed E-state index contributed by atoms with van der Waals surface area (Å²) in [5, 5.41) is 3.63. The van der Waals surface area contributed by atoms with Gasteiger partial charge in [0.1, 0.15) is 11.4 Å². The number of nitrogens with one attached hydrogen (secondary N) is 1. The predicted octanol–water partition coefficient (Wildman–Crippen LogP) is 4.07. The number of aromatic nitrogens is 2. The number of carbonyl (C=O) groups is 1. The summed E-state index contributed by atoms with van der Waals surface area (Å²) < 4.78 is 34.2. The second-order valence-electron chi connectivity index (χ2n) is 8.05. The number of hydrogen-bond donors (Lipinski definition) is 1. The van der Waals surface area contributed by atoms with Crippen molar-refractivity contribution in [3.63, 3.8) is 0 Å². The van der Waals surface area contributed by atoms with Gasteiger partial charge in [0.25, 0.3) is 5.91 Å². The summed E-state index contributed by atoms with van der Waals surface area (Å²) in [5.41, 5.74) is 2.91. The highest BCUT2D eigenvalue weighted by molar-refractivity contribution is 7.89. The highest BCUT2D eigenvalue weighted by Gasteiger charge is 2.29. The van der Waals surface area contributed by atoms with Gasteiger partial charge < -0.3 is 14.6 Å². The quantitative estimate of drug-likeness (QED) is 0.493. The van der Waals surface area contributed by atoms with E-state index in [4.69, 9.17) is 4.74 Å². The number of benzene rings is 2. The molecule has 0 unspecified atom stereocenters. The van der Waals surface area contributed by atoms with Crippen LogP contribution in [-0.2, 0) is 16.6 Å². The average molecular weight is 438 g/mol. The van der Waals surface area contributed by atoms with E-state index in [1.54, 1.807) is 37.4 Å². The molecule has 0 spiro atoms. The third-order valence-electron chi connectivity index (χ3n) is 5.71. The van der Waals surface area contributed by atoms with Crippen LogP contribution in [0.5, 0.6) is 5.75 Å². The summed E-state index contributed by atoms with van der Waals surface area (Å²) >= 11 is 0. The van der Waals surface area contributed by atoms with Gasteiger partial charge in [-0.25, -0.2) is 12.4 Å². The third kappa shape index (κ3) is 3.46. The second-order valence-corrected chi connectivity index (χ2v) is 9.88. The molecule has 2 aromatic heterocycles. The number of methoxy groups -OCH3 is 1. The molecule has 1 aliphatic carbocycles. The van der Waals surface area contributed by atoms with E-state index in [-0.39, 0.29) is 5.69 Å². The van der Waals surface area contributed by atoms with E-state index in [2.05, 4.69) is 9.88 Å². The van der Waals surface area contributed by atoms with E-state index >= 15 is 0 Å². The zero-order chi connectivity index (χ0) is 21.8. The van der Waals surface area contributed by atoms with Gasteiger partial charge in [-0.1, -0.05) is 24.3 Å². The van der Waals surface area contributed by atoms with Crippen molar-refractivity contribution in [2.24, 2.45) is 5.92 Å². The lowest BCUT2D eigenvalue weighted by molar-refractivity contribution is 0.102. The van der Waals surface area contributed by atoms with Gasteiger partial charge >= 0.3 is 0 Å². The van der Waals surface area contributed by atoms with Crippen LogP contribution in [-0.4, -0.2) is 36.2 Å². The van der Waals surface area contributed by atoms with Crippen LogP contribution in [0, 0.1) is 5.92 Å². The van der Waals surface area contributed by atoms with Crippen LogP contribution in [0.4, 0.5) is 5.69 Å². The smallest absolute Gasteiger partial charge is 0.273 e. The molecule has 0 atom stereocenters. The van der Waals surface area contributed by atoms with Gasteiger partial charge in [0.05, 0.1) is 29.9 Å². The fourth-order valence-corrected chi connectivity index (χ4v) is 5.14. The molecule has 31 heavy (non-hydrogen) atoms. The normalized spacial score (nSPS) is 14.3. The fourth-order valence-electron chi connectivity index (χ4n) is 4.13. The minimum atomic E-state index is -3.74. The number of rotatable bonds is 6. The Hall–Kier alpha value is -3.26. The summed E-state index contributed by atoms with van der Waals surface area (Å²) in [5.74, 6) is 0.704. The maximum Gasteiger partial charge on any atom is 0.273 e. The van der Waals surface area contributed by atoms with Crippen molar-refractivity contribution < 1.29 is 17.9 Å². The lowest BCUT2D eigenvalue weighted by Gasteiger charge is -2.10. The number of ether oxygens (including phenoxy) is 1. The monoisotopic (exact) mass is 437 g/mol. The molecule has 1 N–H and O–H groups in total. The van der Waals surface area contributed by atoms with Crippen LogP contribution >= 0.6 is 0 Å². The SMILES string of the molecule is COc1cccc(NC(=O)c2cc3c(c4ccccc4n3CC3CC3)n2S(C)(=O)=O)c1. The molecule has 0 saturated heterocycles. The van der Waals surface area contributed by atoms with E-state index in [0.29, 0.717) is 22.9 Å². The first kappa shape index (κ1) is 19.7. The molecule has 0 bridgehead atoms. The van der Waals surface area contributed by atoms with E-state index in [1.165, 1.54) is 16.8 Å². The molecule has 2 aromatic carbocycles. The number of amides is 1. The molecule has 0 aliphatic heterocycles. The number of nitrogens with zero attached hydrogens (tertiary/aromatic N) is 2. The number of fused-ring (bicyclic) bond motifs is 3. The van der Waals surface area contributed by atoms with E-state index in [0.717, 1.165) is 29.2 Å². The molecule has 4 aromatic rings. The average Bonchev–Trinajstić information content (AvgIpc) is 3.39. The molecular weight excluding hydrogens is 414 g/mol. The van der Waals surface area contributed by atoms with Crippen LogP contribution in [0.15, 0.2) is 54.6 Å². The van der Waals surface area contributed by atoms with Gasteiger partial charge in [0.15, 0.2) is 0 Å². The van der Waals surface area contributed by atoms with Gasteiger partial charge in [-0.3, -0.25) is 4.79 Å². The number of anilines is 1. The van der Waals surface area contributed by atoms with Gasteiger partial charge in [-0.15, -0.1) is 0 Å². The predicted molar refractivity (Wildman–Crippen MR) is 121 cm³/mol. The zero-order valence-electron chi connectivity index (χ0n) is 17.3. The fraction of sp³-hybridized carbons (Fsp3) is 0.261. The summed E-state index contributed by atoms with van der Waals surface area (Å²) in [4.78, 5) is 13.2. The van der Waals surface area contributed by atoms with Gasteiger partial charge in [0, 0.05) is 23.7 Å². The van der Waals surface area contributed by atoms with E-state index in [1.807, 2.05) is 24.3 Å². The zero-order valence-corrected chi connectivity index (χ0v) is 18.1. The Balaban J connectivity index is 1.70. The summed E-state index contributed by atoms with van der Waals surface area (Å²) in [7, 11) is -2.19. The Kier molecular flexibility index (Phi) is 4.55. The van der Waals surface area contributed by atoms with Crippen molar-refractivity contribution in [1.82, 2.24) is 8.54 Å². The number of para-hydroxylation sites is 1. The Labute approximate surface area is 180 Å². The van der Waals surface area contributed by atoms with Crippen LogP contribution in [0.2, 0.25) is 0 Å². The maximum absolute atomic E-state index is 13.2. The van der Waals surface area contributed by atoms with Gasteiger partial charge in [-0.05, 0) is 43.0 Å². The molecule has 160 valence electrons. The van der Waals surface area contributed by atoms with Gasteiger partial charge in [-0.2, -0.15) is 0 Å². The van der Waals surface area contributed by atoms with E-state index < -0.39 is 15.9 Å². The first-order valence-corrected chi connectivity index (χ1v) is 12.0. The molecule has 8 heteroatoms. The Morgan fingerprint density at radius 2 is 1.87 bits per heavy atom.